The summed E-state index contributed by atoms with van der Waals surface area (Å²) in [6.45, 7) is 7.10. The quantitative estimate of drug-likeness (QED) is 0.463. The van der Waals surface area contributed by atoms with Crippen molar-refractivity contribution in [2.45, 2.75) is 0 Å². The molecule has 2 saturated heterocycles. The van der Waals surface area contributed by atoms with Crippen LogP contribution in [0.5, 0.6) is 0 Å². The van der Waals surface area contributed by atoms with Crippen molar-refractivity contribution < 1.29 is 9.59 Å². The number of hydrogen-bond acceptors (Lipinski definition) is 4. The molecule has 0 aromatic rings. The van der Waals surface area contributed by atoms with E-state index in [1.807, 2.05) is 4.90 Å². The molecule has 4 amide bonds. The SMILES string of the molecule is NCCN1CCN(CCNCCN2CCNC2=O)C1=O. The Hall–Kier alpha value is -1.54. The number of nitrogens with one attached hydrogen (secondary N) is 2. The van der Waals surface area contributed by atoms with Crippen LogP contribution < -0.4 is 16.4 Å². The van der Waals surface area contributed by atoms with Crippen LogP contribution in [-0.4, -0.2) is 92.2 Å². The van der Waals surface area contributed by atoms with Crippen molar-refractivity contribution in [3.8, 4) is 0 Å². The molecule has 20 heavy (non-hydrogen) atoms. The molecular formula is C12H24N6O2. The molecule has 0 bridgehead atoms. The van der Waals surface area contributed by atoms with Crippen molar-refractivity contribution >= 4 is 12.1 Å². The third kappa shape index (κ3) is 3.73. The highest BCUT2D eigenvalue weighted by molar-refractivity contribution is 5.76. The number of nitrogens with zero attached hydrogens (tertiary/aromatic N) is 3. The molecule has 0 spiro atoms. The van der Waals surface area contributed by atoms with Gasteiger partial charge in [-0.1, -0.05) is 0 Å². The number of hydrogen-bond donors (Lipinski definition) is 3. The van der Waals surface area contributed by atoms with Gasteiger partial charge in [-0.05, 0) is 0 Å². The van der Waals surface area contributed by atoms with Crippen molar-refractivity contribution in [1.29, 1.82) is 0 Å². The summed E-state index contributed by atoms with van der Waals surface area (Å²) in [6.07, 6.45) is 0. The van der Waals surface area contributed by atoms with Crippen LogP contribution in [0.15, 0.2) is 0 Å². The summed E-state index contributed by atoms with van der Waals surface area (Å²) >= 11 is 0. The first-order valence-electron chi connectivity index (χ1n) is 7.20. The molecule has 0 aliphatic carbocycles. The van der Waals surface area contributed by atoms with Crippen molar-refractivity contribution in [3.63, 3.8) is 0 Å². The molecule has 0 atom stereocenters. The second kappa shape index (κ2) is 7.30. The lowest BCUT2D eigenvalue weighted by Gasteiger charge is -2.19. The highest BCUT2D eigenvalue weighted by Gasteiger charge is 2.26. The van der Waals surface area contributed by atoms with Gasteiger partial charge in [0.05, 0.1) is 0 Å². The third-order valence-electron chi connectivity index (χ3n) is 3.64. The molecule has 4 N–H and O–H groups in total. The van der Waals surface area contributed by atoms with Gasteiger partial charge in [0.25, 0.3) is 0 Å². The largest absolute Gasteiger partial charge is 0.336 e. The molecule has 2 aliphatic heterocycles. The van der Waals surface area contributed by atoms with E-state index >= 15 is 0 Å². The summed E-state index contributed by atoms with van der Waals surface area (Å²) in [5, 5.41) is 6.04. The van der Waals surface area contributed by atoms with Gasteiger partial charge >= 0.3 is 12.1 Å². The first kappa shape index (κ1) is 14.9. The lowest BCUT2D eigenvalue weighted by molar-refractivity contribution is 0.193. The second-order valence-corrected chi connectivity index (χ2v) is 5.01. The van der Waals surface area contributed by atoms with Crippen molar-refractivity contribution in [2.75, 3.05) is 65.4 Å². The van der Waals surface area contributed by atoms with E-state index in [9.17, 15) is 9.59 Å². The first-order valence-corrected chi connectivity index (χ1v) is 7.20. The molecule has 8 nitrogen and oxygen atoms in total. The van der Waals surface area contributed by atoms with Gasteiger partial charge in [0, 0.05) is 65.4 Å². The number of carbonyl (C=O) groups excluding carboxylic acids is 2. The van der Waals surface area contributed by atoms with Crippen LogP contribution in [0.1, 0.15) is 0 Å². The Balaban J connectivity index is 1.55. The molecule has 0 aromatic carbocycles. The standard InChI is InChI=1S/C12H24N6O2/c13-1-5-17-9-10-18(12(17)20)7-3-14-2-6-16-8-4-15-11(16)19/h14H,1-10,13H2,(H,15,19). The van der Waals surface area contributed by atoms with Gasteiger partial charge < -0.3 is 31.1 Å². The van der Waals surface area contributed by atoms with E-state index in [0.717, 1.165) is 39.3 Å². The molecule has 8 heteroatoms. The zero-order valence-electron chi connectivity index (χ0n) is 11.8. The predicted octanol–water partition coefficient (Wildman–Crippen LogP) is -1.70. The van der Waals surface area contributed by atoms with Crippen molar-refractivity contribution in [3.05, 3.63) is 0 Å². The predicted molar refractivity (Wildman–Crippen MR) is 75.4 cm³/mol. The number of amides is 4. The minimum absolute atomic E-state index is 0.0129. The summed E-state index contributed by atoms with van der Waals surface area (Å²) < 4.78 is 0. The van der Waals surface area contributed by atoms with Gasteiger partial charge in [0.15, 0.2) is 0 Å². The van der Waals surface area contributed by atoms with E-state index in [0.29, 0.717) is 26.2 Å². The average molecular weight is 284 g/mol. The summed E-state index contributed by atoms with van der Waals surface area (Å²) in [5.41, 5.74) is 5.46. The Labute approximate surface area is 119 Å². The lowest BCUT2D eigenvalue weighted by atomic mass is 10.5. The van der Waals surface area contributed by atoms with Gasteiger partial charge in [-0.3, -0.25) is 0 Å². The lowest BCUT2D eigenvalue weighted by Crippen LogP contribution is -2.40. The zero-order valence-corrected chi connectivity index (χ0v) is 11.8. The van der Waals surface area contributed by atoms with Crippen LogP contribution in [0.4, 0.5) is 9.59 Å². The Bertz CT molecular complexity index is 351. The average Bonchev–Trinajstić information content (AvgIpc) is 2.99. The highest BCUT2D eigenvalue weighted by atomic mass is 16.2. The molecule has 2 fully saturated rings. The molecule has 0 radical (unpaired) electrons. The smallest absolute Gasteiger partial charge is 0.320 e. The van der Waals surface area contributed by atoms with Gasteiger partial charge in [0.1, 0.15) is 0 Å². The minimum Gasteiger partial charge on any atom is -0.336 e. The third-order valence-corrected chi connectivity index (χ3v) is 3.64. The van der Waals surface area contributed by atoms with Crippen LogP contribution in [0.2, 0.25) is 0 Å². The van der Waals surface area contributed by atoms with Gasteiger partial charge in [0.2, 0.25) is 0 Å². The van der Waals surface area contributed by atoms with Crippen LogP contribution in [-0.2, 0) is 0 Å². The summed E-state index contributed by atoms with van der Waals surface area (Å²) in [4.78, 5) is 28.6. The van der Waals surface area contributed by atoms with Crippen LogP contribution in [0, 0.1) is 0 Å². The van der Waals surface area contributed by atoms with E-state index < -0.39 is 0 Å². The molecule has 114 valence electrons. The minimum atomic E-state index is 0.0129. The maximum Gasteiger partial charge on any atom is 0.320 e. The van der Waals surface area contributed by atoms with Gasteiger partial charge in [-0.25, -0.2) is 9.59 Å². The maximum absolute atomic E-state index is 11.9. The molecule has 2 aliphatic rings. The Kier molecular flexibility index (Phi) is 5.42. The monoisotopic (exact) mass is 284 g/mol. The fourth-order valence-corrected chi connectivity index (χ4v) is 2.48. The summed E-state index contributed by atoms with van der Waals surface area (Å²) in [5.74, 6) is 0. The van der Waals surface area contributed by atoms with E-state index in [1.165, 1.54) is 0 Å². The second-order valence-electron chi connectivity index (χ2n) is 5.01. The molecular weight excluding hydrogens is 260 g/mol. The Morgan fingerprint density at radius 2 is 1.65 bits per heavy atom. The van der Waals surface area contributed by atoms with Crippen LogP contribution in [0.25, 0.3) is 0 Å². The zero-order chi connectivity index (χ0) is 14.4. The van der Waals surface area contributed by atoms with Crippen molar-refractivity contribution in [1.82, 2.24) is 25.3 Å². The van der Waals surface area contributed by atoms with E-state index in [2.05, 4.69) is 10.6 Å². The van der Waals surface area contributed by atoms with Crippen LogP contribution >= 0.6 is 0 Å². The van der Waals surface area contributed by atoms with Gasteiger partial charge in [-0.15, -0.1) is 0 Å². The topological polar surface area (TPSA) is 93.9 Å². The number of urea groups is 2. The Morgan fingerprint density at radius 3 is 2.25 bits per heavy atom. The van der Waals surface area contributed by atoms with Crippen molar-refractivity contribution in [2.24, 2.45) is 5.73 Å². The molecule has 0 unspecified atom stereocenters. The fourth-order valence-electron chi connectivity index (χ4n) is 2.48. The molecule has 0 saturated carbocycles. The summed E-state index contributed by atoms with van der Waals surface area (Å²) in [7, 11) is 0. The molecule has 2 rings (SSSR count). The normalized spacial score (nSPS) is 19.1. The highest BCUT2D eigenvalue weighted by Crippen LogP contribution is 2.06. The Morgan fingerprint density at radius 1 is 1.00 bits per heavy atom. The van der Waals surface area contributed by atoms with E-state index in [4.69, 9.17) is 5.73 Å². The number of nitrogens with two attached hydrogens (primary N) is 1. The van der Waals surface area contributed by atoms with Gasteiger partial charge in [-0.2, -0.15) is 0 Å². The van der Waals surface area contributed by atoms with Crippen LogP contribution in [0.3, 0.4) is 0 Å². The molecule has 2 heterocycles. The number of carbonyl (C=O) groups is 2. The van der Waals surface area contributed by atoms with E-state index in [1.54, 1.807) is 9.80 Å². The summed E-state index contributed by atoms with van der Waals surface area (Å²) in [6, 6.07) is 0.0927. The molecule has 0 aromatic heterocycles. The number of rotatable bonds is 8. The first-order chi connectivity index (χ1) is 9.72. The fraction of sp³-hybridized carbons (Fsp3) is 0.833. The van der Waals surface area contributed by atoms with E-state index in [-0.39, 0.29) is 12.1 Å². The maximum atomic E-state index is 11.9.